The zero-order valence-corrected chi connectivity index (χ0v) is 22.1. The van der Waals surface area contributed by atoms with Crippen LogP contribution >= 0.6 is 0 Å². The van der Waals surface area contributed by atoms with Gasteiger partial charge in [-0.05, 0) is 77.3 Å². The number of aromatic nitrogens is 1. The van der Waals surface area contributed by atoms with E-state index in [0.29, 0.717) is 30.8 Å². The Bertz CT molecular complexity index is 1250. The molecule has 1 saturated heterocycles. The molecule has 0 radical (unpaired) electrons. The van der Waals surface area contributed by atoms with Crippen molar-refractivity contribution in [1.82, 2.24) is 9.88 Å². The maximum absolute atomic E-state index is 12.9. The lowest BCUT2D eigenvalue weighted by Crippen LogP contribution is -2.49. The summed E-state index contributed by atoms with van der Waals surface area (Å²) in [6.07, 6.45) is 4.44. The molecular formula is C27H33N3O5S. The van der Waals surface area contributed by atoms with Crippen molar-refractivity contribution in [3.63, 3.8) is 0 Å². The van der Waals surface area contributed by atoms with Crippen molar-refractivity contribution in [3.8, 4) is 0 Å². The molecule has 1 aliphatic rings. The average molecular weight is 512 g/mol. The quantitative estimate of drug-likeness (QED) is 0.420. The number of carbonyl (C=O) groups excluding carboxylic acids is 1. The number of ether oxygens (including phenoxy) is 2. The first kappa shape index (κ1) is 26.1. The second-order valence-electron chi connectivity index (χ2n) is 10.4. The normalized spacial score (nSPS) is 18.3. The monoisotopic (exact) mass is 511 g/mol. The number of nitrogens with zero attached hydrogens (tertiary/aromatic N) is 3. The van der Waals surface area contributed by atoms with Gasteiger partial charge in [-0.3, -0.25) is 14.4 Å². The van der Waals surface area contributed by atoms with E-state index in [4.69, 9.17) is 9.47 Å². The summed E-state index contributed by atoms with van der Waals surface area (Å²) in [5.41, 5.74) is 0.955. The van der Waals surface area contributed by atoms with Crippen LogP contribution in [-0.2, 0) is 27.2 Å². The molecule has 1 N–H and O–H groups in total. The molecule has 4 rings (SSSR count). The van der Waals surface area contributed by atoms with Gasteiger partial charge < -0.3 is 9.47 Å². The molecular weight excluding hydrogens is 478 g/mol. The van der Waals surface area contributed by atoms with Crippen LogP contribution in [0.1, 0.15) is 46.6 Å². The highest BCUT2D eigenvalue weighted by Gasteiger charge is 2.45. The summed E-state index contributed by atoms with van der Waals surface area (Å²) >= 11 is -2.26. The van der Waals surface area contributed by atoms with Crippen LogP contribution in [0.3, 0.4) is 0 Å². The van der Waals surface area contributed by atoms with E-state index in [-0.39, 0.29) is 12.1 Å². The van der Waals surface area contributed by atoms with E-state index in [1.807, 2.05) is 83.1 Å². The molecule has 3 aromatic rings. The lowest BCUT2D eigenvalue weighted by molar-refractivity contribution is -0.0626. The molecule has 1 fully saturated rings. The minimum absolute atomic E-state index is 0.111. The van der Waals surface area contributed by atoms with Crippen LogP contribution < -0.4 is 4.31 Å². The molecule has 0 aliphatic carbocycles. The number of benzene rings is 2. The van der Waals surface area contributed by atoms with E-state index in [1.165, 1.54) is 4.31 Å². The Hall–Kier alpha value is -3.01. The summed E-state index contributed by atoms with van der Waals surface area (Å²) in [6, 6.07) is 14.9. The molecule has 2 heterocycles. The van der Waals surface area contributed by atoms with Crippen molar-refractivity contribution in [1.29, 1.82) is 0 Å². The molecule has 36 heavy (non-hydrogen) atoms. The zero-order chi connectivity index (χ0) is 26.1. The first-order chi connectivity index (χ1) is 17.0. The highest BCUT2D eigenvalue weighted by Crippen LogP contribution is 2.34. The molecule has 8 nitrogen and oxygen atoms in total. The molecule has 1 aromatic heterocycles. The highest BCUT2D eigenvalue weighted by atomic mass is 32.2. The van der Waals surface area contributed by atoms with Gasteiger partial charge in [0.05, 0.1) is 24.0 Å². The number of fused-ring (bicyclic) bond motifs is 1. The Kier molecular flexibility index (Phi) is 7.36. The van der Waals surface area contributed by atoms with Gasteiger partial charge in [-0.1, -0.05) is 24.3 Å². The Labute approximate surface area is 214 Å². The molecule has 9 heteroatoms. The van der Waals surface area contributed by atoms with Gasteiger partial charge in [0.2, 0.25) is 0 Å². The van der Waals surface area contributed by atoms with Crippen molar-refractivity contribution in [2.24, 2.45) is 0 Å². The molecule has 2 unspecified atom stereocenters. The van der Waals surface area contributed by atoms with Gasteiger partial charge in [-0.2, -0.15) is 0 Å². The van der Waals surface area contributed by atoms with Gasteiger partial charge in [0.1, 0.15) is 11.3 Å². The van der Waals surface area contributed by atoms with Gasteiger partial charge in [0.15, 0.2) is 0 Å². The van der Waals surface area contributed by atoms with Gasteiger partial charge in [-0.15, -0.1) is 0 Å². The third-order valence-corrected chi connectivity index (χ3v) is 6.85. The summed E-state index contributed by atoms with van der Waals surface area (Å²) in [5.74, 6) is 0. The number of hydrogen-bond donors (Lipinski definition) is 1. The maximum Gasteiger partial charge on any atom is 0.412 e. The third-order valence-electron chi connectivity index (χ3n) is 6.13. The van der Waals surface area contributed by atoms with Crippen LogP contribution in [0, 0.1) is 0 Å². The van der Waals surface area contributed by atoms with E-state index in [0.717, 1.165) is 16.3 Å². The number of carbonyl (C=O) groups is 1. The molecule has 192 valence electrons. The topological polar surface area (TPSA) is 92.2 Å². The van der Waals surface area contributed by atoms with Crippen molar-refractivity contribution in [2.45, 2.75) is 64.8 Å². The van der Waals surface area contributed by atoms with Gasteiger partial charge in [-0.25, -0.2) is 13.3 Å². The van der Waals surface area contributed by atoms with Gasteiger partial charge >= 0.3 is 6.09 Å². The molecule has 0 saturated carbocycles. The lowest BCUT2D eigenvalue weighted by atomic mass is 10.0. The first-order valence-corrected chi connectivity index (χ1v) is 13.0. The van der Waals surface area contributed by atoms with Crippen LogP contribution in [0.2, 0.25) is 0 Å². The van der Waals surface area contributed by atoms with Crippen molar-refractivity contribution in [3.05, 3.63) is 66.5 Å². The molecule has 2 atom stereocenters. The summed E-state index contributed by atoms with van der Waals surface area (Å²) in [7, 11) is 0. The number of anilines is 2. The Morgan fingerprint density at radius 2 is 1.94 bits per heavy atom. The summed E-state index contributed by atoms with van der Waals surface area (Å²) in [6.45, 7) is 9.74. The fourth-order valence-electron chi connectivity index (χ4n) is 4.50. The minimum atomic E-state index is -2.26. The predicted octanol–water partition coefficient (Wildman–Crippen LogP) is 5.81. The fourth-order valence-corrected chi connectivity index (χ4v) is 5.13. The van der Waals surface area contributed by atoms with E-state index < -0.39 is 22.6 Å². The molecule has 0 bridgehead atoms. The number of hydrogen-bond acceptors (Lipinski definition) is 5. The molecule has 1 amide bonds. The number of rotatable bonds is 6. The van der Waals surface area contributed by atoms with Gasteiger partial charge in [0, 0.05) is 23.2 Å². The van der Waals surface area contributed by atoms with Gasteiger partial charge in [0.25, 0.3) is 11.3 Å². The average Bonchev–Trinajstić information content (AvgIpc) is 3.11. The molecule has 2 aromatic carbocycles. The second kappa shape index (κ2) is 10.2. The van der Waals surface area contributed by atoms with E-state index in [9.17, 15) is 13.6 Å². The van der Waals surface area contributed by atoms with E-state index in [2.05, 4.69) is 4.98 Å². The Balaban J connectivity index is 1.50. The lowest BCUT2D eigenvalue weighted by Gasteiger charge is -2.35. The SMILES string of the molecule is CC(C)(C)OC(=O)N1C(CCc2ccc(N(c3cccc4cnccc34)S(=O)O)cc2)COC1(C)C. The van der Waals surface area contributed by atoms with Crippen molar-refractivity contribution in [2.75, 3.05) is 10.9 Å². The number of aryl methyl sites for hydroxylation is 1. The molecule has 1 aliphatic heterocycles. The Morgan fingerprint density at radius 3 is 2.61 bits per heavy atom. The number of amides is 1. The van der Waals surface area contributed by atoms with Crippen LogP contribution in [-0.4, -0.2) is 48.7 Å². The summed E-state index contributed by atoms with van der Waals surface area (Å²) < 4.78 is 35.4. The standard InChI is InChI=1S/C27H33N3O5S/c1-26(2,3)35-25(31)29-22(18-34-27(29,4)5)14-11-19-9-12-21(13-10-19)30(36(32)33)24-8-6-7-20-17-28-16-15-23(20)24/h6-10,12-13,15-17,22H,11,14,18H2,1-5H3,(H,32,33). The van der Waals surface area contributed by atoms with E-state index >= 15 is 0 Å². The van der Waals surface area contributed by atoms with Crippen molar-refractivity contribution < 1.29 is 23.0 Å². The third kappa shape index (κ3) is 5.69. The Morgan fingerprint density at radius 1 is 1.22 bits per heavy atom. The second-order valence-corrected chi connectivity index (χ2v) is 11.2. The highest BCUT2D eigenvalue weighted by molar-refractivity contribution is 7.81. The fraction of sp³-hybridized carbons (Fsp3) is 0.407. The minimum Gasteiger partial charge on any atom is -0.444 e. The van der Waals surface area contributed by atoms with Crippen LogP contribution in [0.15, 0.2) is 60.9 Å². The maximum atomic E-state index is 12.9. The van der Waals surface area contributed by atoms with Crippen molar-refractivity contribution >= 4 is 39.5 Å². The largest absolute Gasteiger partial charge is 0.444 e. The first-order valence-electron chi connectivity index (χ1n) is 12.0. The predicted molar refractivity (Wildman–Crippen MR) is 141 cm³/mol. The summed E-state index contributed by atoms with van der Waals surface area (Å²) in [4.78, 5) is 18.7. The molecule has 0 spiro atoms. The number of pyridine rings is 1. The smallest absolute Gasteiger partial charge is 0.412 e. The van der Waals surface area contributed by atoms with Crippen LogP contribution in [0.4, 0.5) is 16.2 Å². The van der Waals surface area contributed by atoms with Crippen LogP contribution in [0.25, 0.3) is 10.8 Å². The zero-order valence-electron chi connectivity index (χ0n) is 21.3. The summed E-state index contributed by atoms with van der Waals surface area (Å²) in [5, 5.41) is 1.73. The van der Waals surface area contributed by atoms with Crippen LogP contribution in [0.5, 0.6) is 0 Å². The van der Waals surface area contributed by atoms with E-state index in [1.54, 1.807) is 17.3 Å².